The maximum absolute atomic E-state index is 12.5. The lowest BCUT2D eigenvalue weighted by Crippen LogP contribution is -2.24. The Kier molecular flexibility index (Phi) is 9.04. The van der Waals surface area contributed by atoms with Crippen molar-refractivity contribution in [2.24, 2.45) is 0 Å². The Balaban J connectivity index is 0.000000592. The number of carbonyl (C=O) groups excluding carboxylic acids is 1. The second kappa shape index (κ2) is 11.0. The molecule has 7 nitrogen and oxygen atoms in total. The summed E-state index contributed by atoms with van der Waals surface area (Å²) >= 11 is 0. The van der Waals surface area contributed by atoms with E-state index in [2.05, 4.69) is 10.2 Å². The first kappa shape index (κ1) is 25.5. The molecule has 0 aliphatic rings. The van der Waals surface area contributed by atoms with Crippen LogP contribution in [0, 0.1) is 6.92 Å². The fourth-order valence-electron chi connectivity index (χ4n) is 2.59. The number of rotatable bonds is 6. The van der Waals surface area contributed by atoms with Crippen molar-refractivity contribution in [3.8, 4) is 0 Å². The molecule has 0 saturated carbocycles. The summed E-state index contributed by atoms with van der Waals surface area (Å²) in [5.74, 6) is -4.03. The molecule has 0 spiro atoms. The zero-order valence-electron chi connectivity index (χ0n) is 17.2. The fraction of sp³-hybridized carbons (Fsp3) is 0.286. The molecule has 31 heavy (non-hydrogen) atoms. The van der Waals surface area contributed by atoms with E-state index in [1.807, 2.05) is 32.9 Å². The number of aliphatic carboxylic acids is 1. The highest BCUT2D eigenvalue weighted by Gasteiger charge is 2.38. The number of benzene rings is 2. The number of carboxylic acids is 2. The molecule has 1 amide bonds. The number of anilines is 2. The Hall–Kier alpha value is -3.56. The van der Waals surface area contributed by atoms with E-state index in [0.717, 1.165) is 24.3 Å². The third-order valence-electron chi connectivity index (χ3n) is 4.12. The van der Waals surface area contributed by atoms with Gasteiger partial charge in [0.15, 0.2) is 0 Å². The fourth-order valence-corrected chi connectivity index (χ4v) is 2.59. The molecule has 0 saturated heterocycles. The monoisotopic (exact) mass is 440 g/mol. The molecular weight excluding hydrogens is 417 g/mol. The third-order valence-corrected chi connectivity index (χ3v) is 4.12. The molecule has 0 atom stereocenters. The lowest BCUT2D eigenvalue weighted by Gasteiger charge is -2.24. The van der Waals surface area contributed by atoms with Crippen molar-refractivity contribution in [3.05, 3.63) is 59.2 Å². The van der Waals surface area contributed by atoms with Gasteiger partial charge in [-0.05, 0) is 51.1 Å². The van der Waals surface area contributed by atoms with Gasteiger partial charge in [0.2, 0.25) is 0 Å². The van der Waals surface area contributed by atoms with Crippen LogP contribution in [0.4, 0.5) is 24.5 Å². The molecule has 2 aromatic rings. The van der Waals surface area contributed by atoms with Crippen LogP contribution >= 0.6 is 0 Å². The number of alkyl halides is 3. The van der Waals surface area contributed by atoms with Gasteiger partial charge in [0.25, 0.3) is 5.91 Å². The van der Waals surface area contributed by atoms with Gasteiger partial charge < -0.3 is 20.4 Å². The smallest absolute Gasteiger partial charge is 0.478 e. The minimum absolute atomic E-state index is 0.144. The van der Waals surface area contributed by atoms with Gasteiger partial charge in [0, 0.05) is 18.7 Å². The van der Waals surface area contributed by atoms with E-state index >= 15 is 0 Å². The van der Waals surface area contributed by atoms with E-state index in [4.69, 9.17) is 9.90 Å². The molecule has 0 aromatic heterocycles. The van der Waals surface area contributed by atoms with E-state index in [1.165, 1.54) is 6.07 Å². The molecule has 2 rings (SSSR count). The Morgan fingerprint density at radius 2 is 1.55 bits per heavy atom. The van der Waals surface area contributed by atoms with Crippen LogP contribution in [-0.2, 0) is 4.79 Å². The number of aromatic carboxylic acids is 1. The number of hydrogen-bond donors (Lipinski definition) is 3. The zero-order valence-corrected chi connectivity index (χ0v) is 17.2. The van der Waals surface area contributed by atoms with Crippen molar-refractivity contribution in [2.75, 3.05) is 23.3 Å². The van der Waals surface area contributed by atoms with Crippen molar-refractivity contribution < 1.29 is 37.8 Å². The SMILES string of the molecule is CCN(CC)c1ccc(C(=O)O)cc1NC(=O)c1cccc(C)c1.O=C(O)C(F)(F)F. The standard InChI is InChI=1S/C19H22N2O3.C2HF3O2/c1-4-21(5-2)17-10-9-15(19(23)24)12-16(17)20-18(22)14-8-6-7-13(3)11-14;3-2(4,5)1(6)7/h6-12H,4-5H2,1-3H3,(H,20,22)(H,23,24);(H,6,7). The average molecular weight is 440 g/mol. The van der Waals surface area contributed by atoms with Gasteiger partial charge in [-0.3, -0.25) is 4.79 Å². The largest absolute Gasteiger partial charge is 0.490 e. The van der Waals surface area contributed by atoms with Crippen LogP contribution in [0.15, 0.2) is 42.5 Å². The second-order valence-corrected chi connectivity index (χ2v) is 6.34. The molecule has 0 fully saturated rings. The lowest BCUT2D eigenvalue weighted by molar-refractivity contribution is -0.192. The van der Waals surface area contributed by atoms with Crippen molar-refractivity contribution in [1.29, 1.82) is 0 Å². The first-order valence-electron chi connectivity index (χ1n) is 9.21. The quantitative estimate of drug-likeness (QED) is 0.614. The molecule has 2 aromatic carbocycles. The van der Waals surface area contributed by atoms with Crippen LogP contribution in [0.5, 0.6) is 0 Å². The summed E-state index contributed by atoms with van der Waals surface area (Å²) in [7, 11) is 0. The summed E-state index contributed by atoms with van der Waals surface area (Å²) in [5, 5.41) is 19.2. The van der Waals surface area contributed by atoms with Crippen LogP contribution in [0.25, 0.3) is 0 Å². The van der Waals surface area contributed by atoms with E-state index in [0.29, 0.717) is 11.3 Å². The number of hydrogen-bond acceptors (Lipinski definition) is 4. The van der Waals surface area contributed by atoms with Crippen LogP contribution < -0.4 is 10.2 Å². The average Bonchev–Trinajstić information content (AvgIpc) is 2.69. The Morgan fingerprint density at radius 1 is 0.968 bits per heavy atom. The minimum atomic E-state index is -5.08. The zero-order chi connectivity index (χ0) is 23.8. The second-order valence-electron chi connectivity index (χ2n) is 6.34. The molecule has 0 aliphatic carbocycles. The van der Waals surface area contributed by atoms with Crippen LogP contribution in [0.1, 0.15) is 40.1 Å². The summed E-state index contributed by atoms with van der Waals surface area (Å²) in [6.45, 7) is 7.47. The predicted octanol–water partition coefficient (Wildman–Crippen LogP) is 4.43. The van der Waals surface area contributed by atoms with Gasteiger partial charge in [-0.1, -0.05) is 17.7 Å². The van der Waals surface area contributed by atoms with Crippen LogP contribution in [0.2, 0.25) is 0 Å². The molecule has 0 unspecified atom stereocenters. The molecule has 0 bridgehead atoms. The topological polar surface area (TPSA) is 107 Å². The van der Waals surface area contributed by atoms with Crippen molar-refractivity contribution in [3.63, 3.8) is 0 Å². The van der Waals surface area contributed by atoms with E-state index in [1.54, 1.807) is 24.3 Å². The molecule has 0 aliphatic heterocycles. The summed E-state index contributed by atoms with van der Waals surface area (Å²) in [4.78, 5) is 34.7. The van der Waals surface area contributed by atoms with Gasteiger partial charge >= 0.3 is 18.1 Å². The predicted molar refractivity (Wildman–Crippen MR) is 110 cm³/mol. The van der Waals surface area contributed by atoms with Gasteiger partial charge in [0.05, 0.1) is 16.9 Å². The van der Waals surface area contributed by atoms with Crippen molar-refractivity contribution in [2.45, 2.75) is 26.9 Å². The molecular formula is C21H23F3N2O5. The number of aryl methyl sites for hydroxylation is 1. The highest BCUT2D eigenvalue weighted by Crippen LogP contribution is 2.28. The van der Waals surface area contributed by atoms with Gasteiger partial charge in [0.1, 0.15) is 0 Å². The lowest BCUT2D eigenvalue weighted by atomic mass is 10.1. The van der Waals surface area contributed by atoms with Gasteiger partial charge in [-0.25, -0.2) is 9.59 Å². The molecule has 10 heteroatoms. The maximum Gasteiger partial charge on any atom is 0.490 e. The number of carbonyl (C=O) groups is 3. The molecule has 168 valence electrons. The van der Waals surface area contributed by atoms with Crippen molar-refractivity contribution >= 4 is 29.2 Å². The Morgan fingerprint density at radius 3 is 2.00 bits per heavy atom. The van der Waals surface area contributed by atoms with Gasteiger partial charge in [-0.15, -0.1) is 0 Å². The molecule has 3 N–H and O–H groups in total. The Bertz CT molecular complexity index is 941. The normalized spacial score (nSPS) is 10.5. The Labute approximate surface area is 177 Å². The summed E-state index contributed by atoms with van der Waals surface area (Å²) in [6.07, 6.45) is -5.08. The van der Waals surface area contributed by atoms with E-state index < -0.39 is 18.1 Å². The summed E-state index contributed by atoms with van der Waals surface area (Å²) < 4.78 is 31.7. The number of carboxylic acid groups (broad SMARTS) is 2. The van der Waals surface area contributed by atoms with E-state index in [-0.39, 0.29) is 11.5 Å². The maximum atomic E-state index is 12.5. The van der Waals surface area contributed by atoms with Gasteiger partial charge in [-0.2, -0.15) is 13.2 Å². The first-order valence-corrected chi connectivity index (χ1v) is 9.21. The van der Waals surface area contributed by atoms with Crippen LogP contribution in [-0.4, -0.2) is 47.3 Å². The molecule has 0 radical (unpaired) electrons. The highest BCUT2D eigenvalue weighted by molar-refractivity contribution is 6.06. The minimum Gasteiger partial charge on any atom is -0.478 e. The summed E-state index contributed by atoms with van der Waals surface area (Å²) in [5.41, 5.74) is 2.99. The first-order chi connectivity index (χ1) is 14.4. The summed E-state index contributed by atoms with van der Waals surface area (Å²) in [6, 6.07) is 12.1. The van der Waals surface area contributed by atoms with Crippen molar-refractivity contribution in [1.82, 2.24) is 0 Å². The number of halogens is 3. The van der Waals surface area contributed by atoms with Crippen LogP contribution in [0.3, 0.4) is 0 Å². The van der Waals surface area contributed by atoms with E-state index in [9.17, 15) is 27.9 Å². The molecule has 0 heterocycles. The number of nitrogens with zero attached hydrogens (tertiary/aromatic N) is 1. The third kappa shape index (κ3) is 7.65. The number of nitrogens with one attached hydrogen (secondary N) is 1. The highest BCUT2D eigenvalue weighted by atomic mass is 19.4. The number of amides is 1.